The van der Waals surface area contributed by atoms with Crippen molar-refractivity contribution in [2.45, 2.75) is 78.3 Å². The Morgan fingerprint density at radius 3 is 2.11 bits per heavy atom. The third-order valence-electron chi connectivity index (χ3n) is 4.58. The molecule has 1 N–H and O–H groups in total. The van der Waals surface area contributed by atoms with Gasteiger partial charge in [0.15, 0.2) is 8.32 Å². The van der Waals surface area contributed by atoms with Gasteiger partial charge in [-0.15, -0.1) is 0 Å². The van der Waals surface area contributed by atoms with Crippen molar-refractivity contribution < 1.29 is 19.1 Å². The first-order valence-electron chi connectivity index (χ1n) is 9.28. The fraction of sp³-hybridized carbons (Fsp3) is 0.737. The van der Waals surface area contributed by atoms with E-state index < -0.39 is 26.1 Å². The Morgan fingerprint density at radius 1 is 1.19 bits per heavy atom. The highest BCUT2D eigenvalue weighted by Gasteiger charge is 2.37. The second-order valence-corrected chi connectivity index (χ2v) is 14.0. The van der Waals surface area contributed by atoms with Gasteiger partial charge in [-0.05, 0) is 45.8 Å². The van der Waals surface area contributed by atoms with Gasteiger partial charge in [-0.25, -0.2) is 19.7 Å². The molecule has 0 aliphatic rings. The summed E-state index contributed by atoms with van der Waals surface area (Å²) >= 11 is 0. The number of amides is 1. The van der Waals surface area contributed by atoms with Crippen LogP contribution in [0.4, 0.5) is 10.7 Å². The smallest absolute Gasteiger partial charge is 0.417 e. The lowest BCUT2D eigenvalue weighted by Crippen LogP contribution is -2.45. The van der Waals surface area contributed by atoms with Crippen molar-refractivity contribution >= 4 is 20.4 Å². The molecule has 154 valence electrons. The van der Waals surface area contributed by atoms with Crippen molar-refractivity contribution in [1.29, 1.82) is 0 Å². The molecular weight excluding hydrogens is 362 g/mol. The predicted octanol–water partition coefficient (Wildman–Crippen LogP) is 4.29. The monoisotopic (exact) mass is 397 g/mol. The average molecular weight is 398 g/mol. The average Bonchev–Trinajstić information content (AvgIpc) is 2.48. The number of ether oxygens (including phenoxy) is 1. The second kappa shape index (κ2) is 8.66. The van der Waals surface area contributed by atoms with E-state index in [9.17, 15) is 9.90 Å². The lowest BCUT2D eigenvalue weighted by molar-refractivity contribution is 0.0571. The summed E-state index contributed by atoms with van der Waals surface area (Å²) in [5.74, 6) is 0.229. The number of aliphatic hydroxyl groups excluding tert-OH is 1. The SMILES string of the molecule is CC(O)c1cnc(N(CCO[Si](C)(C)C(C)(C)C)C(=O)OC(C)(C)C)nc1. The largest absolute Gasteiger partial charge is 0.443 e. The van der Waals surface area contributed by atoms with Gasteiger partial charge in [0.25, 0.3) is 0 Å². The zero-order valence-electron chi connectivity index (χ0n) is 18.2. The highest BCUT2D eigenvalue weighted by molar-refractivity contribution is 6.74. The summed E-state index contributed by atoms with van der Waals surface area (Å²) in [4.78, 5) is 22.5. The van der Waals surface area contributed by atoms with Gasteiger partial charge in [-0.1, -0.05) is 20.8 Å². The molecule has 0 aliphatic heterocycles. The van der Waals surface area contributed by atoms with Crippen molar-refractivity contribution in [1.82, 2.24) is 9.97 Å². The number of aliphatic hydroxyl groups is 1. The topological polar surface area (TPSA) is 84.8 Å². The Labute approximate surface area is 164 Å². The van der Waals surface area contributed by atoms with Gasteiger partial charge < -0.3 is 14.3 Å². The van der Waals surface area contributed by atoms with Gasteiger partial charge in [0.05, 0.1) is 19.3 Å². The molecule has 0 aliphatic carbocycles. The molecule has 1 unspecified atom stereocenters. The summed E-state index contributed by atoms with van der Waals surface area (Å²) < 4.78 is 11.7. The molecule has 0 spiro atoms. The lowest BCUT2D eigenvalue weighted by Gasteiger charge is -2.36. The molecular formula is C19H35N3O4Si. The number of hydrogen-bond acceptors (Lipinski definition) is 6. The molecule has 1 aromatic heterocycles. The molecule has 1 heterocycles. The first-order valence-corrected chi connectivity index (χ1v) is 12.2. The van der Waals surface area contributed by atoms with Crippen LogP contribution >= 0.6 is 0 Å². The minimum absolute atomic E-state index is 0.0825. The van der Waals surface area contributed by atoms with E-state index in [1.807, 2.05) is 20.8 Å². The third kappa shape index (κ3) is 7.19. The van der Waals surface area contributed by atoms with Crippen molar-refractivity contribution in [3.63, 3.8) is 0 Å². The Kier molecular flexibility index (Phi) is 7.55. The molecule has 8 heteroatoms. The van der Waals surface area contributed by atoms with E-state index in [0.717, 1.165) is 0 Å². The number of hydrogen-bond donors (Lipinski definition) is 1. The van der Waals surface area contributed by atoms with Crippen LogP contribution in [0.5, 0.6) is 0 Å². The zero-order valence-corrected chi connectivity index (χ0v) is 19.2. The van der Waals surface area contributed by atoms with Crippen molar-refractivity contribution in [3.8, 4) is 0 Å². The van der Waals surface area contributed by atoms with Gasteiger partial charge in [0, 0.05) is 18.0 Å². The maximum atomic E-state index is 12.7. The fourth-order valence-electron chi connectivity index (χ4n) is 1.88. The van der Waals surface area contributed by atoms with E-state index in [1.54, 1.807) is 6.92 Å². The maximum Gasteiger partial charge on any atom is 0.417 e. The molecule has 1 atom stereocenters. The summed E-state index contributed by atoms with van der Waals surface area (Å²) in [7, 11) is -1.93. The minimum Gasteiger partial charge on any atom is -0.443 e. The Balaban J connectivity index is 2.96. The van der Waals surface area contributed by atoms with Gasteiger partial charge in [0.2, 0.25) is 5.95 Å². The van der Waals surface area contributed by atoms with Gasteiger partial charge in [-0.2, -0.15) is 0 Å². The van der Waals surface area contributed by atoms with Crippen LogP contribution in [0.25, 0.3) is 0 Å². The molecule has 0 bridgehead atoms. The molecule has 0 saturated carbocycles. The van der Waals surface area contributed by atoms with Gasteiger partial charge >= 0.3 is 6.09 Å². The number of rotatable bonds is 6. The number of carbonyl (C=O) groups is 1. The van der Waals surface area contributed by atoms with E-state index in [4.69, 9.17) is 9.16 Å². The molecule has 0 radical (unpaired) electrons. The van der Waals surface area contributed by atoms with Crippen LogP contribution in [0, 0.1) is 0 Å². The fourth-order valence-corrected chi connectivity index (χ4v) is 2.92. The molecule has 1 amide bonds. The van der Waals surface area contributed by atoms with Gasteiger partial charge in [0.1, 0.15) is 5.60 Å². The summed E-state index contributed by atoms with van der Waals surface area (Å²) in [5, 5.41) is 9.70. The summed E-state index contributed by atoms with van der Waals surface area (Å²) in [6, 6.07) is 0. The Bertz CT molecular complexity index is 619. The predicted molar refractivity (Wildman–Crippen MR) is 109 cm³/mol. The second-order valence-electron chi connectivity index (χ2n) is 9.23. The summed E-state index contributed by atoms with van der Waals surface area (Å²) in [6.45, 7) is 18.6. The number of aromatic nitrogens is 2. The van der Waals surface area contributed by atoms with Crippen LogP contribution in [0.3, 0.4) is 0 Å². The van der Waals surface area contributed by atoms with Gasteiger partial charge in [-0.3, -0.25) is 0 Å². The molecule has 1 rings (SSSR count). The third-order valence-corrected chi connectivity index (χ3v) is 9.12. The van der Waals surface area contributed by atoms with E-state index in [2.05, 4.69) is 43.8 Å². The molecule has 7 nitrogen and oxygen atoms in total. The number of carbonyl (C=O) groups excluding carboxylic acids is 1. The van der Waals surface area contributed by atoms with Crippen LogP contribution < -0.4 is 4.90 Å². The van der Waals surface area contributed by atoms with E-state index in [0.29, 0.717) is 12.2 Å². The van der Waals surface area contributed by atoms with E-state index in [-0.39, 0.29) is 17.5 Å². The van der Waals surface area contributed by atoms with E-state index in [1.165, 1.54) is 17.3 Å². The molecule has 0 fully saturated rings. The van der Waals surface area contributed by atoms with Crippen LogP contribution in [0.15, 0.2) is 12.4 Å². The van der Waals surface area contributed by atoms with Crippen LogP contribution in [-0.2, 0) is 9.16 Å². The van der Waals surface area contributed by atoms with Crippen molar-refractivity contribution in [2.24, 2.45) is 0 Å². The number of nitrogens with zero attached hydrogens (tertiary/aromatic N) is 3. The quantitative estimate of drug-likeness (QED) is 0.721. The molecule has 0 aromatic carbocycles. The van der Waals surface area contributed by atoms with Crippen LogP contribution in [0.2, 0.25) is 18.1 Å². The normalized spacial score (nSPS) is 14.0. The van der Waals surface area contributed by atoms with Crippen molar-refractivity contribution in [3.05, 3.63) is 18.0 Å². The Hall–Kier alpha value is -1.51. The standard InChI is InChI=1S/C19H35N3O4Si/c1-14(23)15-12-20-16(21-13-15)22(17(24)26-18(2,3)4)10-11-25-27(8,9)19(5,6)7/h12-14,23H,10-11H2,1-9H3. The lowest BCUT2D eigenvalue weighted by atomic mass is 10.2. The molecule has 27 heavy (non-hydrogen) atoms. The first-order chi connectivity index (χ1) is 12.1. The first kappa shape index (κ1) is 23.5. The Morgan fingerprint density at radius 2 is 1.70 bits per heavy atom. The van der Waals surface area contributed by atoms with E-state index >= 15 is 0 Å². The highest BCUT2D eigenvalue weighted by atomic mass is 28.4. The molecule has 0 saturated heterocycles. The molecule has 1 aromatic rings. The zero-order chi connectivity index (χ0) is 21.0. The summed E-state index contributed by atoms with van der Waals surface area (Å²) in [5.41, 5.74) is -0.0461. The summed E-state index contributed by atoms with van der Waals surface area (Å²) in [6.07, 6.45) is 1.83. The van der Waals surface area contributed by atoms with Crippen LogP contribution in [-0.4, -0.2) is 48.2 Å². The maximum absolute atomic E-state index is 12.7. The highest BCUT2D eigenvalue weighted by Crippen LogP contribution is 2.36. The number of anilines is 1. The van der Waals surface area contributed by atoms with Crippen LogP contribution in [0.1, 0.15) is 60.1 Å². The van der Waals surface area contributed by atoms with Crippen molar-refractivity contribution in [2.75, 3.05) is 18.1 Å². The minimum atomic E-state index is -1.93.